The van der Waals surface area contributed by atoms with Gasteiger partial charge in [0.1, 0.15) is 5.78 Å². The summed E-state index contributed by atoms with van der Waals surface area (Å²) in [5, 5.41) is 11.7. The quantitative estimate of drug-likeness (QED) is 0.170. The zero-order valence-electron chi connectivity index (χ0n) is 28.0. The van der Waals surface area contributed by atoms with E-state index in [9.17, 15) is 14.7 Å². The highest BCUT2D eigenvalue weighted by atomic mass is 16.3. The number of Topliss-reactive ketones (excluding diaryl/α,β-unsaturated/α-hetero) is 1. The van der Waals surface area contributed by atoms with E-state index >= 15 is 0 Å². The zero-order chi connectivity index (χ0) is 31.2. The average molecular weight is 615 g/mol. The fourth-order valence-corrected chi connectivity index (χ4v) is 9.26. The van der Waals surface area contributed by atoms with Crippen molar-refractivity contribution in [1.82, 2.24) is 9.47 Å². The van der Waals surface area contributed by atoms with E-state index in [0.717, 1.165) is 96.1 Å². The molecule has 2 heterocycles. The van der Waals surface area contributed by atoms with Crippen LogP contribution >= 0.6 is 0 Å². The van der Waals surface area contributed by atoms with Crippen molar-refractivity contribution in [3.63, 3.8) is 0 Å². The molecule has 0 radical (unpaired) electrons. The Bertz CT molecular complexity index is 1330. The van der Waals surface area contributed by atoms with Crippen LogP contribution in [0, 0.1) is 11.8 Å². The number of benzene rings is 1. The molecule has 4 atom stereocenters. The van der Waals surface area contributed by atoms with E-state index in [1.165, 1.54) is 66.2 Å². The molecule has 2 saturated carbocycles. The topological polar surface area (TPSA) is 62.5 Å². The maximum Gasteiger partial charge on any atom is 0.223 e. The molecule has 4 aliphatic rings. The lowest BCUT2D eigenvalue weighted by Gasteiger charge is -2.40. The maximum absolute atomic E-state index is 13.6. The number of nitrogens with zero attached hydrogens (tertiary/aromatic N) is 2. The highest BCUT2D eigenvalue weighted by Gasteiger charge is 2.37. The number of allylic oxidation sites excluding steroid dienone is 1. The number of fused-ring (bicyclic) bond motifs is 3. The minimum atomic E-state index is -0.381. The molecule has 1 amide bonds. The number of aliphatic hydroxyl groups is 1. The Labute approximate surface area is 271 Å². The molecule has 3 aliphatic carbocycles. The number of carbonyl (C=O) groups is 2. The lowest BCUT2D eigenvalue weighted by Crippen LogP contribution is -2.43. The van der Waals surface area contributed by atoms with Crippen molar-refractivity contribution in [1.29, 1.82) is 0 Å². The third kappa shape index (κ3) is 7.45. The van der Waals surface area contributed by atoms with E-state index in [0.29, 0.717) is 24.5 Å². The predicted molar refractivity (Wildman–Crippen MR) is 183 cm³/mol. The molecule has 2 fully saturated rings. The summed E-state index contributed by atoms with van der Waals surface area (Å²) in [6.07, 6.45) is 25.4. The van der Waals surface area contributed by atoms with Gasteiger partial charge >= 0.3 is 0 Å². The van der Waals surface area contributed by atoms with Crippen molar-refractivity contribution in [3.8, 4) is 0 Å². The molecule has 0 spiro atoms. The highest BCUT2D eigenvalue weighted by Crippen LogP contribution is 2.44. The Kier molecular flexibility index (Phi) is 11.2. The Morgan fingerprint density at radius 2 is 1.80 bits per heavy atom. The number of rotatable bonds is 14. The van der Waals surface area contributed by atoms with Crippen LogP contribution in [0.2, 0.25) is 0 Å². The second kappa shape index (κ2) is 15.5. The molecule has 246 valence electrons. The zero-order valence-corrected chi connectivity index (χ0v) is 28.0. The molecule has 1 aromatic carbocycles. The van der Waals surface area contributed by atoms with Crippen LogP contribution in [0.5, 0.6) is 0 Å². The summed E-state index contributed by atoms with van der Waals surface area (Å²) in [5.74, 6) is 1.86. The van der Waals surface area contributed by atoms with Gasteiger partial charge < -0.3 is 14.6 Å². The largest absolute Gasteiger partial charge is 0.389 e. The number of ketones is 1. The van der Waals surface area contributed by atoms with E-state index < -0.39 is 0 Å². The van der Waals surface area contributed by atoms with Crippen molar-refractivity contribution in [2.45, 2.75) is 160 Å². The van der Waals surface area contributed by atoms with Gasteiger partial charge in [0.25, 0.3) is 0 Å². The van der Waals surface area contributed by atoms with Crippen molar-refractivity contribution >= 4 is 22.6 Å². The number of aryl methyl sites for hydroxylation is 1. The van der Waals surface area contributed by atoms with Gasteiger partial charge in [-0.05, 0) is 92.9 Å². The second-order valence-electron chi connectivity index (χ2n) is 14.8. The third-order valence-electron chi connectivity index (χ3n) is 11.8. The first-order valence-electron chi connectivity index (χ1n) is 18.9. The van der Waals surface area contributed by atoms with Crippen molar-refractivity contribution in [2.75, 3.05) is 6.54 Å². The van der Waals surface area contributed by atoms with Crippen LogP contribution < -0.4 is 0 Å². The summed E-state index contributed by atoms with van der Waals surface area (Å²) in [4.78, 5) is 28.4. The molecule has 1 N–H and O–H groups in total. The van der Waals surface area contributed by atoms with Crippen LogP contribution in [0.3, 0.4) is 0 Å². The molecule has 45 heavy (non-hydrogen) atoms. The van der Waals surface area contributed by atoms with Crippen molar-refractivity contribution in [3.05, 3.63) is 47.2 Å². The van der Waals surface area contributed by atoms with E-state index in [2.05, 4.69) is 40.7 Å². The summed E-state index contributed by atoms with van der Waals surface area (Å²) < 4.78 is 2.56. The summed E-state index contributed by atoms with van der Waals surface area (Å²) in [6.45, 7) is 3.92. The first-order valence-corrected chi connectivity index (χ1v) is 18.9. The fraction of sp³-hybridized carbons (Fsp3) is 0.700. The molecule has 1 aliphatic heterocycles. The minimum absolute atomic E-state index is 0.116. The standard InChI is InChI=1S/C40H58N2O3/c1-2-3-7-15-32(43)23-20-30-22-25-38(44)33(30)16-10-4-5-11-19-39(45)41-26-27-42-36-24-21-31(29-13-8-6-9-14-29)28-35(36)34-17-12-18-37(41)40(34)42/h20-21,23-24,28-30,32-33,37,43H,2-19,22,25-27H2,1H3. The molecule has 6 rings (SSSR count). The van der Waals surface area contributed by atoms with Gasteiger partial charge in [0.2, 0.25) is 5.91 Å². The van der Waals surface area contributed by atoms with Crippen LogP contribution in [0.25, 0.3) is 10.9 Å². The van der Waals surface area contributed by atoms with Crippen LogP contribution in [-0.2, 0) is 22.6 Å². The van der Waals surface area contributed by atoms with Gasteiger partial charge in [0, 0.05) is 48.4 Å². The summed E-state index contributed by atoms with van der Waals surface area (Å²) in [6, 6.07) is 7.56. The lowest BCUT2D eigenvalue weighted by molar-refractivity contribution is -0.135. The third-order valence-corrected chi connectivity index (χ3v) is 11.8. The first kappa shape index (κ1) is 32.5. The number of unbranched alkanes of at least 4 members (excludes halogenated alkanes) is 5. The van der Waals surface area contributed by atoms with Gasteiger partial charge in [-0.2, -0.15) is 0 Å². The van der Waals surface area contributed by atoms with Gasteiger partial charge in [-0.15, -0.1) is 0 Å². The first-order chi connectivity index (χ1) is 22.0. The SMILES string of the molecule is CCCCCC(O)C=CC1CCC(=O)C1CCCCCCC(=O)N1CCn2c3c(c4cc(C5CCCCC5)ccc42)CCCC31. The number of aromatic nitrogens is 1. The van der Waals surface area contributed by atoms with Crippen LogP contribution in [-0.4, -0.2) is 38.9 Å². The van der Waals surface area contributed by atoms with E-state index in [1.807, 2.05) is 6.08 Å². The Morgan fingerprint density at radius 3 is 2.64 bits per heavy atom. The molecule has 1 aromatic heterocycles. The van der Waals surface area contributed by atoms with Crippen molar-refractivity contribution < 1.29 is 14.7 Å². The maximum atomic E-state index is 13.6. The van der Waals surface area contributed by atoms with Crippen molar-refractivity contribution in [2.24, 2.45) is 11.8 Å². The van der Waals surface area contributed by atoms with E-state index in [4.69, 9.17) is 0 Å². The molecule has 2 aromatic rings. The molecule has 5 heteroatoms. The smallest absolute Gasteiger partial charge is 0.223 e. The number of aliphatic hydroxyl groups excluding tert-OH is 1. The second-order valence-corrected chi connectivity index (χ2v) is 14.8. The Morgan fingerprint density at radius 1 is 0.956 bits per heavy atom. The summed E-state index contributed by atoms with van der Waals surface area (Å²) in [7, 11) is 0. The van der Waals surface area contributed by atoms with Gasteiger partial charge in [-0.3, -0.25) is 9.59 Å². The number of amides is 1. The molecule has 0 bridgehead atoms. The van der Waals surface area contributed by atoms with Gasteiger partial charge in [-0.1, -0.05) is 82.9 Å². The molecular formula is C40H58N2O3. The molecule has 5 nitrogen and oxygen atoms in total. The predicted octanol–water partition coefficient (Wildman–Crippen LogP) is 9.34. The monoisotopic (exact) mass is 614 g/mol. The average Bonchev–Trinajstić information content (AvgIpc) is 3.59. The van der Waals surface area contributed by atoms with Gasteiger partial charge in [0.05, 0.1) is 12.1 Å². The van der Waals surface area contributed by atoms with Crippen LogP contribution in [0.1, 0.15) is 158 Å². The molecule has 4 unspecified atom stereocenters. The number of hydrogen-bond donors (Lipinski definition) is 1. The van der Waals surface area contributed by atoms with Gasteiger partial charge in [-0.25, -0.2) is 0 Å². The van der Waals surface area contributed by atoms with Crippen LogP contribution in [0.15, 0.2) is 30.4 Å². The Balaban J connectivity index is 0.981. The van der Waals surface area contributed by atoms with E-state index in [-0.39, 0.29) is 24.0 Å². The Hall–Kier alpha value is -2.40. The van der Waals surface area contributed by atoms with Crippen LogP contribution in [0.4, 0.5) is 0 Å². The minimum Gasteiger partial charge on any atom is -0.389 e. The number of hydrogen-bond acceptors (Lipinski definition) is 3. The summed E-state index contributed by atoms with van der Waals surface area (Å²) >= 11 is 0. The van der Waals surface area contributed by atoms with Gasteiger partial charge in [0.15, 0.2) is 0 Å². The van der Waals surface area contributed by atoms with E-state index in [1.54, 1.807) is 0 Å². The lowest BCUT2D eigenvalue weighted by atomic mass is 9.83. The molecule has 0 saturated heterocycles. The fourth-order valence-electron chi connectivity index (χ4n) is 9.26. The normalized spacial score (nSPS) is 24.5. The summed E-state index contributed by atoms with van der Waals surface area (Å²) in [5.41, 5.74) is 5.89. The number of carbonyl (C=O) groups excluding carboxylic acids is 2. The highest BCUT2D eigenvalue weighted by molar-refractivity contribution is 5.88. The molecular weight excluding hydrogens is 556 g/mol.